The van der Waals surface area contributed by atoms with Crippen LogP contribution in [0.5, 0.6) is 0 Å². The molecule has 3 nitrogen and oxygen atoms in total. The van der Waals surface area contributed by atoms with Gasteiger partial charge in [-0.15, -0.1) is 0 Å². The van der Waals surface area contributed by atoms with Crippen LogP contribution in [0.1, 0.15) is 0 Å². The van der Waals surface area contributed by atoms with E-state index in [0.717, 1.165) is 5.57 Å². The molecule has 1 heterocycles. The Morgan fingerprint density at radius 3 is 3.00 bits per heavy atom. The highest BCUT2D eigenvalue weighted by atomic mass is 16.1. The first kappa shape index (κ1) is 7.85. The van der Waals surface area contributed by atoms with Gasteiger partial charge in [0.2, 0.25) is 5.91 Å². The summed E-state index contributed by atoms with van der Waals surface area (Å²) in [4.78, 5) is 13.0. The second-order valence-corrected chi connectivity index (χ2v) is 2.53. The van der Waals surface area contributed by atoms with E-state index in [4.69, 9.17) is 0 Å². The average Bonchev–Trinajstić information content (AvgIpc) is 2.03. The smallest absolute Gasteiger partial charge is 0.248 e. The van der Waals surface area contributed by atoms with Gasteiger partial charge in [-0.25, -0.2) is 0 Å². The highest BCUT2D eigenvalue weighted by molar-refractivity contribution is 5.94. The molecule has 0 saturated carbocycles. The largest absolute Gasteiger partial charge is 0.376 e. The van der Waals surface area contributed by atoms with E-state index in [1.165, 1.54) is 0 Å². The van der Waals surface area contributed by atoms with Crippen molar-refractivity contribution in [3.63, 3.8) is 0 Å². The van der Waals surface area contributed by atoms with Crippen molar-refractivity contribution in [1.29, 1.82) is 0 Å². The predicted molar refractivity (Wildman–Crippen MR) is 43.9 cm³/mol. The molecule has 0 aliphatic carbocycles. The number of hydrogen-bond donors (Lipinski definition) is 1. The van der Waals surface area contributed by atoms with Crippen molar-refractivity contribution in [3.05, 3.63) is 23.9 Å². The maximum atomic E-state index is 11.1. The van der Waals surface area contributed by atoms with E-state index >= 15 is 0 Å². The minimum atomic E-state index is 0.00111. The summed E-state index contributed by atoms with van der Waals surface area (Å²) in [6, 6.07) is 0. The Hall–Kier alpha value is -1.25. The van der Waals surface area contributed by atoms with E-state index in [-0.39, 0.29) is 5.91 Å². The molecule has 0 bridgehead atoms. The van der Waals surface area contributed by atoms with Crippen molar-refractivity contribution < 1.29 is 4.79 Å². The zero-order valence-electron chi connectivity index (χ0n) is 6.79. The Morgan fingerprint density at radius 1 is 1.73 bits per heavy atom. The molecule has 0 spiro atoms. The van der Waals surface area contributed by atoms with Crippen LogP contribution < -0.4 is 5.32 Å². The lowest BCUT2D eigenvalue weighted by Crippen LogP contribution is -2.28. The fourth-order valence-electron chi connectivity index (χ4n) is 0.988. The van der Waals surface area contributed by atoms with Crippen LogP contribution in [0.4, 0.5) is 0 Å². The first-order valence-corrected chi connectivity index (χ1v) is 3.53. The molecule has 1 N–H and O–H groups in total. The third-order valence-corrected chi connectivity index (χ3v) is 1.58. The van der Waals surface area contributed by atoms with Gasteiger partial charge < -0.3 is 10.2 Å². The maximum Gasteiger partial charge on any atom is 0.248 e. The molecule has 1 rings (SSSR count). The van der Waals surface area contributed by atoms with Crippen LogP contribution >= 0.6 is 0 Å². The van der Waals surface area contributed by atoms with Gasteiger partial charge >= 0.3 is 0 Å². The molecule has 0 aromatic carbocycles. The molecular weight excluding hydrogens is 140 g/mol. The van der Waals surface area contributed by atoms with Gasteiger partial charge in [0.25, 0.3) is 0 Å². The Kier molecular flexibility index (Phi) is 2.31. The number of nitrogens with one attached hydrogen (secondary N) is 1. The third kappa shape index (κ3) is 1.83. The van der Waals surface area contributed by atoms with E-state index in [2.05, 4.69) is 5.32 Å². The predicted octanol–water partition coefficient (Wildman–Crippen LogP) is 0.118. The standard InChI is InChI=1S/C8H12N2O/c1-9-8(11)7-4-3-5-10(2)6-7/h3-5H,6H2,1-2H3,(H,9,11). The van der Waals surface area contributed by atoms with Gasteiger partial charge in [0.05, 0.1) is 0 Å². The van der Waals surface area contributed by atoms with Gasteiger partial charge in [0.1, 0.15) is 0 Å². The SMILES string of the molecule is CNC(=O)C1=CC=CN(C)C1. The number of carbonyl (C=O) groups is 1. The Balaban J connectivity index is 2.66. The van der Waals surface area contributed by atoms with Crippen LogP contribution in [0, 0.1) is 0 Å². The molecule has 0 fully saturated rings. The molecule has 1 amide bonds. The monoisotopic (exact) mass is 152 g/mol. The lowest BCUT2D eigenvalue weighted by atomic mass is 10.2. The average molecular weight is 152 g/mol. The summed E-state index contributed by atoms with van der Waals surface area (Å²) >= 11 is 0. The van der Waals surface area contributed by atoms with Crippen molar-refractivity contribution in [3.8, 4) is 0 Å². The second kappa shape index (κ2) is 3.23. The molecule has 0 radical (unpaired) electrons. The molecule has 11 heavy (non-hydrogen) atoms. The zero-order valence-corrected chi connectivity index (χ0v) is 6.79. The van der Waals surface area contributed by atoms with Crippen molar-refractivity contribution in [2.45, 2.75) is 0 Å². The van der Waals surface area contributed by atoms with Gasteiger partial charge in [-0.1, -0.05) is 6.08 Å². The molecule has 0 unspecified atom stereocenters. The van der Waals surface area contributed by atoms with Crippen LogP contribution in [0.2, 0.25) is 0 Å². The van der Waals surface area contributed by atoms with E-state index < -0.39 is 0 Å². The molecule has 3 heteroatoms. The summed E-state index contributed by atoms with van der Waals surface area (Å²) in [5.74, 6) is 0.00111. The summed E-state index contributed by atoms with van der Waals surface area (Å²) < 4.78 is 0. The fraction of sp³-hybridized carbons (Fsp3) is 0.375. The highest BCUT2D eigenvalue weighted by Gasteiger charge is 2.09. The fourth-order valence-corrected chi connectivity index (χ4v) is 0.988. The highest BCUT2D eigenvalue weighted by Crippen LogP contribution is 2.04. The lowest BCUT2D eigenvalue weighted by molar-refractivity contribution is -0.117. The van der Waals surface area contributed by atoms with Crippen LogP contribution in [-0.2, 0) is 4.79 Å². The number of amides is 1. The molecule has 1 aliphatic heterocycles. The van der Waals surface area contributed by atoms with Crippen LogP contribution in [-0.4, -0.2) is 31.4 Å². The number of nitrogens with zero attached hydrogens (tertiary/aromatic N) is 1. The quantitative estimate of drug-likeness (QED) is 0.578. The van der Waals surface area contributed by atoms with Crippen LogP contribution in [0.25, 0.3) is 0 Å². The number of carbonyl (C=O) groups excluding carboxylic acids is 1. The third-order valence-electron chi connectivity index (χ3n) is 1.58. The number of likely N-dealkylation sites (N-methyl/N-ethyl adjacent to an activating group) is 2. The van der Waals surface area contributed by atoms with Gasteiger partial charge in [-0.05, 0) is 12.3 Å². The molecular formula is C8H12N2O. The topological polar surface area (TPSA) is 32.3 Å². The molecule has 1 aliphatic rings. The second-order valence-electron chi connectivity index (χ2n) is 2.53. The van der Waals surface area contributed by atoms with E-state index in [0.29, 0.717) is 6.54 Å². The summed E-state index contributed by atoms with van der Waals surface area (Å²) in [7, 11) is 3.58. The minimum Gasteiger partial charge on any atom is -0.376 e. The van der Waals surface area contributed by atoms with Crippen LogP contribution in [0.3, 0.4) is 0 Å². The van der Waals surface area contributed by atoms with Crippen molar-refractivity contribution in [2.24, 2.45) is 0 Å². The molecule has 0 saturated heterocycles. The van der Waals surface area contributed by atoms with E-state index in [1.807, 2.05) is 30.3 Å². The zero-order chi connectivity index (χ0) is 8.27. The summed E-state index contributed by atoms with van der Waals surface area (Å²) in [5.41, 5.74) is 0.803. The molecule has 0 atom stereocenters. The van der Waals surface area contributed by atoms with Gasteiger partial charge in [-0.2, -0.15) is 0 Å². The summed E-state index contributed by atoms with van der Waals surface area (Å²) in [6.45, 7) is 0.691. The van der Waals surface area contributed by atoms with Crippen molar-refractivity contribution >= 4 is 5.91 Å². The maximum absolute atomic E-state index is 11.1. The Morgan fingerprint density at radius 2 is 2.45 bits per heavy atom. The van der Waals surface area contributed by atoms with Gasteiger partial charge in [0, 0.05) is 26.2 Å². The van der Waals surface area contributed by atoms with Gasteiger partial charge in [-0.3, -0.25) is 4.79 Å². The summed E-state index contributed by atoms with van der Waals surface area (Å²) in [6.07, 6.45) is 5.64. The first-order valence-electron chi connectivity index (χ1n) is 3.53. The first-order chi connectivity index (χ1) is 5.24. The van der Waals surface area contributed by atoms with Crippen molar-refractivity contribution in [2.75, 3.05) is 20.6 Å². The molecule has 0 aromatic rings. The number of allylic oxidation sites excluding steroid dienone is 2. The minimum absolute atomic E-state index is 0.00111. The van der Waals surface area contributed by atoms with Crippen molar-refractivity contribution in [1.82, 2.24) is 10.2 Å². The van der Waals surface area contributed by atoms with E-state index in [1.54, 1.807) is 7.05 Å². The Bertz CT molecular complexity index is 218. The normalized spacial score (nSPS) is 16.2. The molecule has 60 valence electrons. The van der Waals surface area contributed by atoms with Gasteiger partial charge in [0.15, 0.2) is 0 Å². The lowest BCUT2D eigenvalue weighted by Gasteiger charge is -2.18. The number of rotatable bonds is 1. The summed E-state index contributed by atoms with van der Waals surface area (Å²) in [5, 5.41) is 2.59. The van der Waals surface area contributed by atoms with E-state index in [9.17, 15) is 4.79 Å². The molecule has 0 aromatic heterocycles. The van der Waals surface area contributed by atoms with Crippen LogP contribution in [0.15, 0.2) is 23.9 Å². The Labute approximate surface area is 66.4 Å². The number of hydrogen-bond acceptors (Lipinski definition) is 2.